The maximum Gasteiger partial charge on any atom is 0.230 e. The highest BCUT2D eigenvalue weighted by Gasteiger charge is 2.17. The van der Waals surface area contributed by atoms with Crippen molar-refractivity contribution >= 4 is 17.7 Å². The second kappa shape index (κ2) is 6.89. The third-order valence-electron chi connectivity index (χ3n) is 3.33. The molecule has 1 aromatic rings. The Labute approximate surface area is 118 Å². The maximum atomic E-state index is 11.8. The van der Waals surface area contributed by atoms with E-state index in [1.54, 1.807) is 6.33 Å². The Morgan fingerprint density at radius 2 is 2.16 bits per heavy atom. The predicted molar refractivity (Wildman–Crippen MR) is 77.2 cm³/mol. The third kappa shape index (κ3) is 4.49. The minimum atomic E-state index is 0.113. The van der Waals surface area contributed by atoms with E-state index < -0.39 is 0 Å². The molecule has 0 saturated heterocycles. The van der Waals surface area contributed by atoms with Crippen molar-refractivity contribution in [1.82, 2.24) is 15.3 Å². The van der Waals surface area contributed by atoms with E-state index in [0.29, 0.717) is 17.7 Å². The molecule has 0 spiro atoms. The number of carbonyl (C=O) groups excluding carboxylic acids is 1. The number of carbonyl (C=O) groups is 1. The Balaban J connectivity index is 1.80. The van der Waals surface area contributed by atoms with Gasteiger partial charge in [0.1, 0.15) is 11.4 Å². The number of rotatable bonds is 5. The van der Waals surface area contributed by atoms with Crippen molar-refractivity contribution in [1.29, 1.82) is 0 Å². The van der Waals surface area contributed by atoms with Crippen LogP contribution in [-0.2, 0) is 4.79 Å². The first-order chi connectivity index (χ1) is 9.15. The van der Waals surface area contributed by atoms with Crippen molar-refractivity contribution in [2.24, 2.45) is 0 Å². The van der Waals surface area contributed by atoms with Gasteiger partial charge in [-0.3, -0.25) is 4.79 Å². The average Bonchev–Trinajstić information content (AvgIpc) is 2.89. The van der Waals surface area contributed by atoms with Gasteiger partial charge in [0.05, 0.1) is 5.75 Å². The highest BCUT2D eigenvalue weighted by atomic mass is 32.2. The zero-order valence-corrected chi connectivity index (χ0v) is 12.4. The lowest BCUT2D eigenvalue weighted by Gasteiger charge is -2.11. The summed E-state index contributed by atoms with van der Waals surface area (Å²) in [5.74, 6) is 0.932. The molecule has 5 heteroatoms. The Morgan fingerprint density at radius 1 is 1.42 bits per heavy atom. The smallest absolute Gasteiger partial charge is 0.230 e. The van der Waals surface area contributed by atoms with Crippen LogP contribution in [0.1, 0.15) is 51.1 Å². The number of aromatic nitrogens is 2. The van der Waals surface area contributed by atoms with E-state index in [1.807, 2.05) is 6.07 Å². The van der Waals surface area contributed by atoms with Crippen molar-refractivity contribution in [2.45, 2.75) is 56.5 Å². The van der Waals surface area contributed by atoms with E-state index in [-0.39, 0.29) is 5.91 Å². The summed E-state index contributed by atoms with van der Waals surface area (Å²) >= 11 is 1.48. The summed E-state index contributed by atoms with van der Waals surface area (Å²) in [6, 6.07) is 2.36. The standard InChI is InChI=1S/C14H21N3OS/c1-10(2)12-7-14(16-9-15-12)19-8-13(18)17-11-5-3-4-6-11/h7,9-11H,3-6,8H2,1-2H3,(H,17,18). The Hall–Kier alpha value is -1.10. The topological polar surface area (TPSA) is 54.9 Å². The minimum absolute atomic E-state index is 0.113. The molecule has 2 rings (SSSR count). The highest BCUT2D eigenvalue weighted by Crippen LogP contribution is 2.20. The van der Waals surface area contributed by atoms with Crippen LogP contribution >= 0.6 is 11.8 Å². The zero-order valence-electron chi connectivity index (χ0n) is 11.6. The van der Waals surface area contributed by atoms with E-state index in [1.165, 1.54) is 24.6 Å². The number of hydrogen-bond donors (Lipinski definition) is 1. The third-order valence-corrected chi connectivity index (χ3v) is 4.25. The van der Waals surface area contributed by atoms with E-state index in [0.717, 1.165) is 23.6 Å². The van der Waals surface area contributed by atoms with Gasteiger partial charge in [-0.1, -0.05) is 38.5 Å². The molecule has 1 aromatic heterocycles. The summed E-state index contributed by atoms with van der Waals surface area (Å²) in [4.78, 5) is 20.2. The summed E-state index contributed by atoms with van der Waals surface area (Å²) in [5, 5.41) is 3.96. The van der Waals surface area contributed by atoms with Gasteiger partial charge in [0.15, 0.2) is 0 Å². The Kier molecular flexibility index (Phi) is 5.19. The fourth-order valence-electron chi connectivity index (χ4n) is 2.23. The summed E-state index contributed by atoms with van der Waals surface area (Å²) in [6.07, 6.45) is 6.30. The summed E-state index contributed by atoms with van der Waals surface area (Å²) in [7, 11) is 0. The van der Waals surface area contributed by atoms with Crippen LogP contribution in [0.5, 0.6) is 0 Å². The van der Waals surface area contributed by atoms with Crippen LogP contribution in [0.2, 0.25) is 0 Å². The molecule has 1 aliphatic rings. The molecule has 1 fully saturated rings. The van der Waals surface area contributed by atoms with E-state index in [9.17, 15) is 4.79 Å². The SMILES string of the molecule is CC(C)c1cc(SCC(=O)NC2CCCC2)ncn1. The maximum absolute atomic E-state index is 11.8. The molecular weight excluding hydrogens is 258 g/mol. The lowest BCUT2D eigenvalue weighted by atomic mass is 10.1. The van der Waals surface area contributed by atoms with Crippen LogP contribution in [0.25, 0.3) is 0 Å². The molecule has 1 N–H and O–H groups in total. The number of nitrogens with one attached hydrogen (secondary N) is 1. The quantitative estimate of drug-likeness (QED) is 0.665. The molecule has 0 bridgehead atoms. The van der Waals surface area contributed by atoms with Gasteiger partial charge in [-0.15, -0.1) is 0 Å². The largest absolute Gasteiger partial charge is 0.353 e. The molecule has 0 atom stereocenters. The summed E-state index contributed by atoms with van der Waals surface area (Å²) in [6.45, 7) is 4.20. The molecule has 1 saturated carbocycles. The molecule has 0 unspecified atom stereocenters. The molecule has 104 valence electrons. The second-order valence-corrected chi connectivity index (χ2v) is 6.27. The molecule has 0 aromatic carbocycles. The predicted octanol–water partition coefficient (Wildman–Crippen LogP) is 2.75. The van der Waals surface area contributed by atoms with Gasteiger partial charge in [-0.2, -0.15) is 0 Å². The van der Waals surface area contributed by atoms with Crippen molar-refractivity contribution in [3.63, 3.8) is 0 Å². The van der Waals surface area contributed by atoms with Gasteiger partial charge in [0.25, 0.3) is 0 Å². The number of thioether (sulfide) groups is 1. The van der Waals surface area contributed by atoms with Crippen molar-refractivity contribution in [2.75, 3.05) is 5.75 Å². The van der Waals surface area contributed by atoms with Crippen LogP contribution in [0.3, 0.4) is 0 Å². The van der Waals surface area contributed by atoms with E-state index in [4.69, 9.17) is 0 Å². The number of hydrogen-bond acceptors (Lipinski definition) is 4. The van der Waals surface area contributed by atoms with E-state index in [2.05, 4.69) is 29.1 Å². The highest BCUT2D eigenvalue weighted by molar-refractivity contribution is 7.99. The molecule has 1 amide bonds. The number of nitrogens with zero attached hydrogens (tertiary/aromatic N) is 2. The van der Waals surface area contributed by atoms with Gasteiger partial charge in [0.2, 0.25) is 5.91 Å². The first-order valence-corrected chi connectivity index (χ1v) is 7.88. The second-order valence-electron chi connectivity index (χ2n) is 5.27. The molecule has 1 aliphatic carbocycles. The molecule has 1 heterocycles. The molecule has 19 heavy (non-hydrogen) atoms. The summed E-state index contributed by atoms with van der Waals surface area (Å²) in [5.41, 5.74) is 1.02. The average molecular weight is 279 g/mol. The summed E-state index contributed by atoms with van der Waals surface area (Å²) < 4.78 is 0. The van der Waals surface area contributed by atoms with Crippen LogP contribution in [0.15, 0.2) is 17.4 Å². The van der Waals surface area contributed by atoms with Crippen molar-refractivity contribution < 1.29 is 4.79 Å². The van der Waals surface area contributed by atoms with Crippen molar-refractivity contribution in [3.8, 4) is 0 Å². The Morgan fingerprint density at radius 3 is 2.84 bits per heavy atom. The molecular formula is C14H21N3OS. The van der Waals surface area contributed by atoms with Crippen LogP contribution in [0, 0.1) is 0 Å². The normalized spacial score (nSPS) is 15.9. The van der Waals surface area contributed by atoms with Crippen LogP contribution < -0.4 is 5.32 Å². The van der Waals surface area contributed by atoms with Crippen molar-refractivity contribution in [3.05, 3.63) is 18.1 Å². The lowest BCUT2D eigenvalue weighted by molar-refractivity contribution is -0.119. The fourth-order valence-corrected chi connectivity index (χ4v) is 2.92. The lowest BCUT2D eigenvalue weighted by Crippen LogP contribution is -2.33. The van der Waals surface area contributed by atoms with Gasteiger partial charge >= 0.3 is 0 Å². The van der Waals surface area contributed by atoms with Crippen LogP contribution in [0.4, 0.5) is 0 Å². The van der Waals surface area contributed by atoms with Gasteiger partial charge in [-0.25, -0.2) is 9.97 Å². The molecule has 0 radical (unpaired) electrons. The molecule has 0 aliphatic heterocycles. The van der Waals surface area contributed by atoms with Gasteiger partial charge in [0, 0.05) is 11.7 Å². The monoisotopic (exact) mass is 279 g/mol. The van der Waals surface area contributed by atoms with Gasteiger partial charge < -0.3 is 5.32 Å². The van der Waals surface area contributed by atoms with Gasteiger partial charge in [-0.05, 0) is 24.8 Å². The zero-order chi connectivity index (χ0) is 13.7. The molecule has 4 nitrogen and oxygen atoms in total. The fraction of sp³-hybridized carbons (Fsp3) is 0.643. The van der Waals surface area contributed by atoms with E-state index >= 15 is 0 Å². The Bertz CT molecular complexity index is 430. The minimum Gasteiger partial charge on any atom is -0.353 e. The first kappa shape index (κ1) is 14.3. The number of amides is 1. The van der Waals surface area contributed by atoms with Crippen LogP contribution in [-0.4, -0.2) is 27.7 Å². The first-order valence-electron chi connectivity index (χ1n) is 6.89.